The molecule has 8 nitrogen and oxygen atoms in total. The van der Waals surface area contributed by atoms with Crippen LogP contribution in [-0.2, 0) is 20.9 Å². The van der Waals surface area contributed by atoms with E-state index in [4.69, 9.17) is 9.98 Å². The second-order valence-corrected chi connectivity index (χ2v) is 11.5. The third-order valence-electron chi connectivity index (χ3n) is 7.46. The van der Waals surface area contributed by atoms with Crippen molar-refractivity contribution in [2.24, 2.45) is 9.98 Å². The third kappa shape index (κ3) is 6.43. The Labute approximate surface area is 237 Å². The lowest BCUT2D eigenvalue weighted by molar-refractivity contribution is -0.125. The molecule has 3 aliphatic rings. The van der Waals surface area contributed by atoms with Crippen molar-refractivity contribution >= 4 is 46.2 Å². The van der Waals surface area contributed by atoms with Crippen LogP contribution >= 0.6 is 11.8 Å². The first kappa shape index (κ1) is 28.0. The van der Waals surface area contributed by atoms with Crippen LogP contribution in [0.3, 0.4) is 0 Å². The molecule has 1 aliphatic carbocycles. The number of thioether (sulfide) groups is 1. The zero-order chi connectivity index (χ0) is 28.1. The summed E-state index contributed by atoms with van der Waals surface area (Å²) in [5.74, 6) is -0.304. The van der Waals surface area contributed by atoms with Crippen molar-refractivity contribution in [3.63, 3.8) is 0 Å². The van der Waals surface area contributed by atoms with E-state index in [1.165, 1.54) is 35.2 Å². The second kappa shape index (κ2) is 12.8. The van der Waals surface area contributed by atoms with Gasteiger partial charge in [0.05, 0.1) is 10.9 Å². The van der Waals surface area contributed by atoms with Crippen molar-refractivity contribution in [1.29, 1.82) is 0 Å². The number of rotatable bonds is 9. The van der Waals surface area contributed by atoms with Crippen molar-refractivity contribution in [3.8, 4) is 0 Å². The molecule has 0 saturated heterocycles. The molecule has 2 aromatic carbocycles. The number of hydrogen-bond acceptors (Lipinski definition) is 6. The van der Waals surface area contributed by atoms with Crippen LogP contribution in [-0.4, -0.2) is 51.0 Å². The highest BCUT2D eigenvalue weighted by atomic mass is 32.2. The van der Waals surface area contributed by atoms with Gasteiger partial charge in [0.15, 0.2) is 5.17 Å². The fourth-order valence-corrected chi connectivity index (χ4v) is 6.25. The molecule has 0 bridgehead atoms. The minimum Gasteiger partial charge on any atom is -0.352 e. The summed E-state index contributed by atoms with van der Waals surface area (Å²) >= 11 is 1.30. The van der Waals surface area contributed by atoms with Gasteiger partial charge in [-0.2, -0.15) is 0 Å². The van der Waals surface area contributed by atoms with Gasteiger partial charge in [0.25, 0.3) is 5.91 Å². The van der Waals surface area contributed by atoms with E-state index in [2.05, 4.69) is 10.6 Å². The van der Waals surface area contributed by atoms with Gasteiger partial charge in [0, 0.05) is 24.6 Å². The predicted molar refractivity (Wildman–Crippen MR) is 155 cm³/mol. The van der Waals surface area contributed by atoms with Crippen LogP contribution in [0, 0.1) is 5.82 Å². The molecule has 10 heteroatoms. The van der Waals surface area contributed by atoms with Crippen LogP contribution in [0.15, 0.2) is 58.5 Å². The minimum absolute atomic E-state index is 0.0273. The number of benzene rings is 2. The van der Waals surface area contributed by atoms with Crippen molar-refractivity contribution in [2.75, 3.05) is 0 Å². The number of amides is 3. The first-order valence-electron chi connectivity index (χ1n) is 14.0. The van der Waals surface area contributed by atoms with Crippen LogP contribution in [0.1, 0.15) is 69.4 Å². The normalized spacial score (nSPS) is 19.3. The van der Waals surface area contributed by atoms with E-state index in [9.17, 15) is 18.8 Å². The summed E-state index contributed by atoms with van der Waals surface area (Å²) in [7, 11) is 0. The Kier molecular flexibility index (Phi) is 8.94. The van der Waals surface area contributed by atoms with Crippen molar-refractivity contribution < 1.29 is 18.8 Å². The SMILES string of the molecule is CC[C@@H](SC1=Nc2ccccc2C2=N[C@@H](CCC(=O)NCc3ccc(F)cc3)C(=O)N12)C(=O)NC1CCCCC1. The number of carbonyl (C=O) groups is 3. The molecule has 1 saturated carbocycles. The molecule has 0 unspecified atom stereocenters. The van der Waals surface area contributed by atoms with Crippen LogP contribution in [0.4, 0.5) is 10.1 Å². The monoisotopic (exact) mass is 563 g/mol. The van der Waals surface area contributed by atoms with Gasteiger partial charge < -0.3 is 10.6 Å². The number of fused-ring (bicyclic) bond motifs is 3. The molecule has 2 atom stereocenters. The van der Waals surface area contributed by atoms with Crippen molar-refractivity contribution in [1.82, 2.24) is 15.5 Å². The summed E-state index contributed by atoms with van der Waals surface area (Å²) < 4.78 is 13.1. The first-order valence-corrected chi connectivity index (χ1v) is 14.9. The van der Waals surface area contributed by atoms with E-state index in [0.717, 1.165) is 36.8 Å². The second-order valence-electron chi connectivity index (χ2n) is 10.4. The molecule has 0 radical (unpaired) electrons. The smallest absolute Gasteiger partial charge is 0.259 e. The molecule has 2 aliphatic heterocycles. The minimum atomic E-state index is -0.723. The highest BCUT2D eigenvalue weighted by Gasteiger charge is 2.42. The molecule has 0 aromatic heterocycles. The van der Waals surface area contributed by atoms with Crippen molar-refractivity contribution in [2.45, 2.75) is 82.2 Å². The number of para-hydroxylation sites is 1. The molecule has 2 heterocycles. The topological polar surface area (TPSA) is 103 Å². The molecule has 2 aromatic rings. The molecule has 2 N–H and O–H groups in total. The van der Waals surface area contributed by atoms with E-state index < -0.39 is 11.3 Å². The lowest BCUT2D eigenvalue weighted by atomic mass is 9.95. The maximum atomic E-state index is 13.6. The average molecular weight is 564 g/mol. The summed E-state index contributed by atoms with van der Waals surface area (Å²) in [6, 6.07) is 12.9. The number of amidine groups is 2. The summed E-state index contributed by atoms with van der Waals surface area (Å²) in [5.41, 5.74) is 2.24. The number of aliphatic imine (C=N–C) groups is 2. The summed E-state index contributed by atoms with van der Waals surface area (Å²) in [5, 5.41) is 6.07. The number of hydrogen-bond donors (Lipinski definition) is 2. The maximum absolute atomic E-state index is 13.6. The van der Waals surface area contributed by atoms with Gasteiger partial charge >= 0.3 is 0 Å². The molecule has 5 rings (SSSR count). The highest BCUT2D eigenvalue weighted by molar-refractivity contribution is 8.15. The molecule has 40 heavy (non-hydrogen) atoms. The lowest BCUT2D eigenvalue weighted by Gasteiger charge is -2.29. The number of nitrogens with zero attached hydrogens (tertiary/aromatic N) is 3. The molecular weight excluding hydrogens is 529 g/mol. The Hall–Kier alpha value is -3.53. The Morgan fingerprint density at radius 3 is 2.60 bits per heavy atom. The van der Waals surface area contributed by atoms with E-state index in [1.807, 2.05) is 31.2 Å². The average Bonchev–Trinajstić information content (AvgIpc) is 3.31. The Morgan fingerprint density at radius 1 is 1.10 bits per heavy atom. The number of halogens is 1. The standard InChI is InChI=1S/C30H34FN5O3S/c1-2-25(28(38)33-21-8-4-3-5-9-21)40-30-35-23-11-7-6-10-22(23)27-34-24(29(39)36(27)30)16-17-26(37)32-18-19-12-14-20(31)15-13-19/h6-7,10-15,21,24-25H,2-5,8-9,16-18H2,1H3,(H,32,37)(H,33,38)/t24-,25+/m0/s1. The molecule has 210 valence electrons. The van der Waals surface area contributed by atoms with Gasteiger partial charge in [-0.1, -0.05) is 62.2 Å². The Bertz CT molecular complexity index is 1320. The summed E-state index contributed by atoms with van der Waals surface area (Å²) in [4.78, 5) is 50.3. The largest absolute Gasteiger partial charge is 0.352 e. The molecule has 3 amide bonds. The quantitative estimate of drug-likeness (QED) is 0.456. The lowest BCUT2D eigenvalue weighted by Crippen LogP contribution is -2.45. The fraction of sp³-hybridized carbons (Fsp3) is 0.433. The van der Waals surface area contributed by atoms with Gasteiger partial charge in [-0.25, -0.2) is 14.3 Å². The predicted octanol–water partition coefficient (Wildman–Crippen LogP) is 4.84. The fourth-order valence-electron chi connectivity index (χ4n) is 5.22. The van der Waals surface area contributed by atoms with E-state index >= 15 is 0 Å². The van der Waals surface area contributed by atoms with Crippen molar-refractivity contribution in [3.05, 3.63) is 65.5 Å². The van der Waals surface area contributed by atoms with Gasteiger partial charge in [-0.05, 0) is 55.5 Å². The van der Waals surface area contributed by atoms with E-state index in [1.54, 1.807) is 12.1 Å². The van der Waals surface area contributed by atoms with Gasteiger partial charge in [0.1, 0.15) is 17.7 Å². The van der Waals surface area contributed by atoms with E-state index in [-0.39, 0.29) is 49.0 Å². The van der Waals surface area contributed by atoms with Crippen LogP contribution < -0.4 is 10.6 Å². The maximum Gasteiger partial charge on any atom is 0.259 e. The van der Waals surface area contributed by atoms with Crippen LogP contribution in [0.25, 0.3) is 0 Å². The highest BCUT2D eigenvalue weighted by Crippen LogP contribution is 2.36. The molecular formula is C30H34FN5O3S. The van der Waals surface area contributed by atoms with E-state index in [0.29, 0.717) is 23.1 Å². The Morgan fingerprint density at radius 2 is 1.85 bits per heavy atom. The zero-order valence-corrected chi connectivity index (χ0v) is 23.4. The number of nitrogens with one attached hydrogen (secondary N) is 2. The molecule has 1 fully saturated rings. The van der Waals surface area contributed by atoms with Crippen LogP contribution in [0.5, 0.6) is 0 Å². The number of carbonyl (C=O) groups excluding carboxylic acids is 3. The summed E-state index contributed by atoms with van der Waals surface area (Å²) in [6.45, 7) is 2.24. The van der Waals surface area contributed by atoms with Gasteiger partial charge in [-0.15, -0.1) is 0 Å². The Balaban J connectivity index is 1.26. The van der Waals surface area contributed by atoms with Gasteiger partial charge in [-0.3, -0.25) is 19.4 Å². The van der Waals surface area contributed by atoms with Gasteiger partial charge in [0.2, 0.25) is 11.8 Å². The third-order valence-corrected chi connectivity index (χ3v) is 8.77. The summed E-state index contributed by atoms with van der Waals surface area (Å²) in [6.07, 6.45) is 6.43. The van der Waals surface area contributed by atoms with Crippen LogP contribution in [0.2, 0.25) is 0 Å². The molecule has 0 spiro atoms. The first-order chi connectivity index (χ1) is 19.4. The zero-order valence-electron chi connectivity index (χ0n) is 22.6.